The van der Waals surface area contributed by atoms with Gasteiger partial charge in [-0.2, -0.15) is 13.2 Å². The van der Waals surface area contributed by atoms with Gasteiger partial charge in [-0.15, -0.1) is 0 Å². The van der Waals surface area contributed by atoms with Crippen molar-refractivity contribution in [1.29, 1.82) is 0 Å². The van der Waals surface area contributed by atoms with E-state index in [9.17, 15) is 18.0 Å². The van der Waals surface area contributed by atoms with Crippen LogP contribution in [-0.2, 0) is 11.4 Å². The molecule has 41 heavy (non-hydrogen) atoms. The average molecular weight is 623 g/mol. The molecule has 209 valence electrons. The zero-order valence-corrected chi connectivity index (χ0v) is 23.2. The Morgan fingerprint density at radius 3 is 2.66 bits per heavy atom. The Hall–Kier alpha value is -4.41. The van der Waals surface area contributed by atoms with Crippen molar-refractivity contribution in [2.75, 3.05) is 23.8 Å². The van der Waals surface area contributed by atoms with Crippen molar-refractivity contribution < 1.29 is 27.8 Å². The summed E-state index contributed by atoms with van der Waals surface area (Å²) < 4.78 is 47.9. The molecule has 0 aliphatic rings. The summed E-state index contributed by atoms with van der Waals surface area (Å²) in [6.07, 6.45) is 4.32. The molecule has 5 aromatic rings. The van der Waals surface area contributed by atoms with Gasteiger partial charge in [0.25, 0.3) is 0 Å². The number of pyridine rings is 1. The smallest absolute Gasteiger partial charge is 0.393 e. The Morgan fingerprint density at radius 2 is 1.88 bits per heavy atom. The van der Waals surface area contributed by atoms with Crippen molar-refractivity contribution in [3.05, 3.63) is 96.7 Å². The zero-order chi connectivity index (χ0) is 28.8. The zero-order valence-electron chi connectivity index (χ0n) is 21.3. The molecule has 9 nitrogen and oxygen atoms in total. The quantitative estimate of drug-likeness (QED) is 0.211. The number of aliphatic hydroxyl groups is 1. The van der Waals surface area contributed by atoms with Crippen LogP contribution < -0.4 is 19.9 Å². The Bertz CT molecular complexity index is 1660. The van der Waals surface area contributed by atoms with Crippen molar-refractivity contribution in [3.8, 4) is 17.0 Å². The SMILES string of the molecule is O=C(Nc1cccc(-c2cn3ccnc3c([As]Cc3ccncc3)n2)c1)Nc1cc(C(F)(F)F)ccc1OCCO. The van der Waals surface area contributed by atoms with E-state index in [0.29, 0.717) is 11.4 Å². The number of hydrogen-bond donors (Lipinski definition) is 3. The summed E-state index contributed by atoms with van der Waals surface area (Å²) in [5, 5.41) is 14.9. The molecule has 0 atom stereocenters. The van der Waals surface area contributed by atoms with E-state index in [4.69, 9.17) is 14.8 Å². The van der Waals surface area contributed by atoms with Crippen molar-refractivity contribution in [3.63, 3.8) is 0 Å². The van der Waals surface area contributed by atoms with Crippen LogP contribution in [0.3, 0.4) is 0 Å². The number of carbonyl (C=O) groups excluding carboxylic acids is 1. The number of hydrogen-bond acceptors (Lipinski definition) is 6. The van der Waals surface area contributed by atoms with Crippen LogP contribution in [0.4, 0.5) is 29.3 Å². The summed E-state index contributed by atoms with van der Waals surface area (Å²) in [6.45, 7) is -0.490. The first-order valence-corrected chi connectivity index (χ1v) is 14.6. The van der Waals surface area contributed by atoms with E-state index in [2.05, 4.69) is 20.6 Å². The Morgan fingerprint density at radius 1 is 1.05 bits per heavy atom. The Balaban J connectivity index is 1.36. The Labute approximate surface area is 239 Å². The molecule has 3 N–H and O–H groups in total. The van der Waals surface area contributed by atoms with E-state index in [-0.39, 0.29) is 40.4 Å². The number of nitrogens with one attached hydrogen (secondary N) is 2. The standard InChI is InChI=1S/C28H23AsF3N6O3/c30-28(31,32)20-4-5-24(41-13-12-39)22(15-20)37-27(40)35-21-3-1-2-19(14-21)23-17-38-11-10-34-26(38)25(36-23)29-16-18-6-8-33-9-7-18/h1-11,14-15,17,39H,12-13,16H2,(H2,35,37,40). The number of benzene rings is 2. The van der Waals surface area contributed by atoms with Crippen LogP contribution in [0.2, 0.25) is 0 Å². The number of aliphatic hydroxyl groups excluding tert-OH is 1. The van der Waals surface area contributed by atoms with E-state index in [1.54, 1.807) is 36.8 Å². The summed E-state index contributed by atoms with van der Waals surface area (Å²) in [7, 11) is 0. The molecule has 3 heterocycles. The van der Waals surface area contributed by atoms with Crippen LogP contribution in [0.25, 0.3) is 16.9 Å². The molecule has 0 saturated heterocycles. The molecule has 0 fully saturated rings. The predicted octanol–water partition coefficient (Wildman–Crippen LogP) is 4.35. The number of alkyl halides is 3. The molecule has 0 aliphatic carbocycles. The second-order valence-corrected chi connectivity index (χ2v) is 10.9. The first kappa shape index (κ1) is 28.1. The number of amides is 2. The summed E-state index contributed by atoms with van der Waals surface area (Å²) >= 11 is -0.345. The number of anilines is 2. The van der Waals surface area contributed by atoms with Gasteiger partial charge in [0, 0.05) is 0 Å². The molecule has 13 heteroatoms. The molecule has 5 rings (SSSR count). The number of carbonyl (C=O) groups is 1. The van der Waals surface area contributed by atoms with Gasteiger partial charge >= 0.3 is 202 Å². The number of ether oxygens (including phenoxy) is 1. The van der Waals surface area contributed by atoms with E-state index in [1.165, 1.54) is 5.56 Å². The summed E-state index contributed by atoms with van der Waals surface area (Å²) in [5.41, 5.74) is 2.64. The van der Waals surface area contributed by atoms with Crippen LogP contribution in [-0.4, -0.2) is 59.5 Å². The molecule has 3 aromatic heterocycles. The van der Waals surface area contributed by atoms with Gasteiger partial charge in [-0.3, -0.25) is 0 Å². The van der Waals surface area contributed by atoms with Crippen molar-refractivity contribution in [1.82, 2.24) is 19.4 Å². The number of fused-ring (bicyclic) bond motifs is 1. The molecule has 0 spiro atoms. The molecule has 2 aromatic carbocycles. The first-order chi connectivity index (χ1) is 19.8. The predicted molar refractivity (Wildman–Crippen MR) is 148 cm³/mol. The van der Waals surface area contributed by atoms with Gasteiger partial charge in [-0.05, 0) is 6.07 Å². The van der Waals surface area contributed by atoms with E-state index in [1.807, 2.05) is 35.0 Å². The average Bonchev–Trinajstić information content (AvgIpc) is 3.44. The maximum atomic E-state index is 13.3. The van der Waals surface area contributed by atoms with Crippen LogP contribution in [0.1, 0.15) is 11.1 Å². The van der Waals surface area contributed by atoms with Gasteiger partial charge in [-0.25, -0.2) is 0 Å². The van der Waals surface area contributed by atoms with Gasteiger partial charge in [0.05, 0.1) is 6.61 Å². The third-order valence-electron chi connectivity index (χ3n) is 5.84. The fourth-order valence-corrected chi connectivity index (χ4v) is 6.12. The molecule has 0 aliphatic heterocycles. The molecule has 2 amide bonds. The van der Waals surface area contributed by atoms with E-state index in [0.717, 1.165) is 39.1 Å². The summed E-state index contributed by atoms with van der Waals surface area (Å²) in [6, 6.07) is 12.9. The third kappa shape index (κ3) is 7.03. The second kappa shape index (κ2) is 12.4. The fraction of sp³-hybridized carbons (Fsp3) is 0.143. The van der Waals surface area contributed by atoms with Gasteiger partial charge in [-0.1, -0.05) is 0 Å². The van der Waals surface area contributed by atoms with Gasteiger partial charge in [0.2, 0.25) is 0 Å². The second-order valence-electron chi connectivity index (χ2n) is 8.72. The monoisotopic (exact) mass is 623 g/mol. The van der Waals surface area contributed by atoms with Crippen molar-refractivity contribution in [2.24, 2.45) is 0 Å². The number of nitrogens with zero attached hydrogens (tertiary/aromatic N) is 4. The fourth-order valence-electron chi connectivity index (χ4n) is 3.94. The van der Waals surface area contributed by atoms with Crippen LogP contribution >= 0.6 is 0 Å². The van der Waals surface area contributed by atoms with Gasteiger partial charge < -0.3 is 5.11 Å². The van der Waals surface area contributed by atoms with Gasteiger partial charge in [0.15, 0.2) is 0 Å². The molecule has 1 radical (unpaired) electrons. The number of aromatic nitrogens is 4. The maximum absolute atomic E-state index is 13.3. The van der Waals surface area contributed by atoms with Crippen LogP contribution in [0, 0.1) is 0 Å². The molecular weight excluding hydrogens is 600 g/mol. The van der Waals surface area contributed by atoms with Crippen molar-refractivity contribution in [2.45, 2.75) is 11.4 Å². The first-order valence-electron chi connectivity index (χ1n) is 12.3. The summed E-state index contributed by atoms with van der Waals surface area (Å²) in [4.78, 5) is 26.2. The van der Waals surface area contributed by atoms with E-state index < -0.39 is 17.8 Å². The molecule has 0 saturated carbocycles. The topological polar surface area (TPSA) is 114 Å². The number of urea groups is 1. The molecular formula is C28H23AsF3N6O3. The number of imidazole rings is 1. The Kier molecular flexibility index (Phi) is 8.51. The van der Waals surface area contributed by atoms with Crippen molar-refractivity contribution >= 4 is 43.3 Å². The number of halogens is 3. The van der Waals surface area contributed by atoms with Gasteiger partial charge in [0.1, 0.15) is 6.61 Å². The normalized spacial score (nSPS) is 11.7. The minimum Gasteiger partial charge on any atom is -0.393 e. The van der Waals surface area contributed by atoms with Crippen LogP contribution in [0.15, 0.2) is 85.6 Å². The minimum atomic E-state index is -4.61. The molecule has 0 bridgehead atoms. The third-order valence-corrected chi connectivity index (χ3v) is 8.19. The molecule has 0 unspecified atom stereocenters. The van der Waals surface area contributed by atoms with E-state index >= 15 is 0 Å². The minimum absolute atomic E-state index is 0.00380. The van der Waals surface area contributed by atoms with Crippen LogP contribution in [0.5, 0.6) is 5.75 Å². The number of rotatable bonds is 9. The summed E-state index contributed by atoms with van der Waals surface area (Å²) in [5.74, 6) is -0.00380.